The molecule has 148 valence electrons. The van der Waals surface area contributed by atoms with E-state index in [2.05, 4.69) is 4.98 Å². The van der Waals surface area contributed by atoms with Crippen molar-refractivity contribution in [2.24, 2.45) is 0 Å². The van der Waals surface area contributed by atoms with Crippen molar-refractivity contribution < 1.29 is 22.7 Å². The minimum atomic E-state index is -4.56. The van der Waals surface area contributed by atoms with Crippen molar-refractivity contribution in [2.75, 3.05) is 6.61 Å². The third-order valence-corrected chi connectivity index (χ3v) is 4.70. The van der Waals surface area contributed by atoms with Crippen LogP contribution in [0.25, 0.3) is 21.7 Å². The number of aromatic nitrogens is 2. The van der Waals surface area contributed by atoms with E-state index in [0.717, 1.165) is 28.6 Å². The third kappa shape index (κ3) is 3.68. The summed E-state index contributed by atoms with van der Waals surface area (Å²) in [5, 5.41) is 2.33. The van der Waals surface area contributed by atoms with Gasteiger partial charge in [-0.15, -0.1) is 0 Å². The van der Waals surface area contributed by atoms with Crippen LogP contribution in [0, 0.1) is 0 Å². The largest absolute Gasteiger partial charge is 0.462 e. The second-order valence-electron chi connectivity index (χ2n) is 6.65. The molecule has 29 heavy (non-hydrogen) atoms. The molecule has 0 atom stereocenters. The van der Waals surface area contributed by atoms with E-state index in [1.54, 1.807) is 30.0 Å². The van der Waals surface area contributed by atoms with Gasteiger partial charge in [-0.25, -0.2) is 4.79 Å². The smallest absolute Gasteiger partial charge is 0.416 e. The molecule has 0 amide bonds. The zero-order valence-electron chi connectivity index (χ0n) is 15.5. The molecule has 0 bridgehead atoms. The minimum absolute atomic E-state index is 0.0729. The van der Waals surface area contributed by atoms with Crippen LogP contribution in [0.2, 0.25) is 0 Å². The van der Waals surface area contributed by atoms with Crippen molar-refractivity contribution in [2.45, 2.75) is 19.6 Å². The number of halogens is 3. The molecule has 2 aromatic carbocycles. The number of carbonyl (C=O) groups excluding carboxylic acids is 1. The number of fused-ring (bicyclic) bond motifs is 2. The van der Waals surface area contributed by atoms with Crippen molar-refractivity contribution >= 4 is 27.6 Å². The molecule has 0 saturated heterocycles. The van der Waals surface area contributed by atoms with E-state index in [9.17, 15) is 18.0 Å². The van der Waals surface area contributed by atoms with E-state index < -0.39 is 17.7 Å². The number of alkyl halides is 3. The Balaban J connectivity index is 1.82. The van der Waals surface area contributed by atoms with Crippen LogP contribution in [0.1, 0.15) is 28.5 Å². The van der Waals surface area contributed by atoms with Crippen molar-refractivity contribution in [3.63, 3.8) is 0 Å². The predicted octanol–water partition coefficient (Wildman–Crippen LogP) is 5.43. The summed E-state index contributed by atoms with van der Waals surface area (Å²) >= 11 is 0. The molecular formula is C22H17F3N2O2. The number of ether oxygens (including phenoxy) is 1. The summed E-state index contributed by atoms with van der Waals surface area (Å²) in [6.07, 6.45) is -1.15. The van der Waals surface area contributed by atoms with Crippen LogP contribution in [-0.2, 0) is 17.5 Å². The fourth-order valence-electron chi connectivity index (χ4n) is 3.40. The van der Waals surface area contributed by atoms with Crippen LogP contribution < -0.4 is 0 Å². The average molecular weight is 398 g/mol. The van der Waals surface area contributed by atoms with Gasteiger partial charge in [0.25, 0.3) is 0 Å². The first kappa shape index (κ1) is 19.0. The number of hydrogen-bond acceptors (Lipinski definition) is 3. The van der Waals surface area contributed by atoms with E-state index in [1.165, 1.54) is 0 Å². The molecule has 2 heterocycles. The highest BCUT2D eigenvalue weighted by Gasteiger charge is 2.33. The lowest BCUT2D eigenvalue weighted by Gasteiger charge is -2.13. The van der Waals surface area contributed by atoms with Crippen LogP contribution in [-0.4, -0.2) is 22.1 Å². The molecule has 4 nitrogen and oxygen atoms in total. The standard InChI is InChI=1S/C22H17F3N2O2/c1-2-29-21(28)19-11-17(22(23,24)25)9-15-7-8-27(20(15)19)13-18-10-14-5-3-4-6-16(14)12-26-18/h3-12H,2,13H2,1H3. The summed E-state index contributed by atoms with van der Waals surface area (Å²) < 4.78 is 46.6. The number of nitrogens with zero attached hydrogens (tertiary/aromatic N) is 2. The summed E-state index contributed by atoms with van der Waals surface area (Å²) in [6.45, 7) is 2.00. The molecule has 0 unspecified atom stereocenters. The number of esters is 1. The Kier molecular flexibility index (Phi) is 4.74. The van der Waals surface area contributed by atoms with Crippen LogP contribution >= 0.6 is 0 Å². The second kappa shape index (κ2) is 7.24. The first-order valence-corrected chi connectivity index (χ1v) is 9.07. The van der Waals surface area contributed by atoms with Gasteiger partial charge in [0, 0.05) is 23.2 Å². The Bertz CT molecular complexity index is 1210. The normalized spacial score (nSPS) is 11.9. The average Bonchev–Trinajstić information content (AvgIpc) is 3.09. The van der Waals surface area contributed by atoms with E-state index in [-0.39, 0.29) is 12.2 Å². The fraction of sp³-hybridized carbons (Fsp3) is 0.182. The zero-order chi connectivity index (χ0) is 20.6. The first-order valence-electron chi connectivity index (χ1n) is 9.07. The molecule has 2 aromatic heterocycles. The highest BCUT2D eigenvalue weighted by Crippen LogP contribution is 2.34. The number of pyridine rings is 1. The zero-order valence-corrected chi connectivity index (χ0v) is 15.5. The molecular weight excluding hydrogens is 381 g/mol. The van der Waals surface area contributed by atoms with E-state index in [4.69, 9.17) is 4.74 Å². The molecule has 0 spiro atoms. The second-order valence-corrected chi connectivity index (χ2v) is 6.65. The van der Waals surface area contributed by atoms with Gasteiger partial charge in [-0.3, -0.25) is 4.98 Å². The highest BCUT2D eigenvalue weighted by molar-refractivity contribution is 6.03. The van der Waals surface area contributed by atoms with Gasteiger partial charge >= 0.3 is 12.1 Å². The lowest BCUT2D eigenvalue weighted by atomic mass is 10.1. The van der Waals surface area contributed by atoms with Gasteiger partial charge in [-0.1, -0.05) is 24.3 Å². The van der Waals surface area contributed by atoms with Gasteiger partial charge in [-0.05, 0) is 36.6 Å². The Morgan fingerprint density at radius 1 is 1.07 bits per heavy atom. The quantitative estimate of drug-likeness (QED) is 0.431. The molecule has 0 saturated carbocycles. The van der Waals surface area contributed by atoms with Crippen molar-refractivity contribution in [3.05, 3.63) is 77.7 Å². The summed E-state index contributed by atoms with van der Waals surface area (Å²) in [6, 6.07) is 13.2. The van der Waals surface area contributed by atoms with Crippen LogP contribution in [0.15, 0.2) is 60.9 Å². The number of rotatable bonds is 4. The molecule has 0 aliphatic rings. The van der Waals surface area contributed by atoms with Gasteiger partial charge in [0.2, 0.25) is 0 Å². The maximum atomic E-state index is 13.3. The SMILES string of the molecule is CCOC(=O)c1cc(C(F)(F)F)cc2ccn(Cc3cc4ccccc4cn3)c12. The summed E-state index contributed by atoms with van der Waals surface area (Å²) in [7, 11) is 0. The molecule has 0 N–H and O–H groups in total. The number of carbonyl (C=O) groups is 1. The van der Waals surface area contributed by atoms with Crippen molar-refractivity contribution in [1.29, 1.82) is 0 Å². The van der Waals surface area contributed by atoms with Gasteiger partial charge in [0.05, 0.1) is 35.5 Å². The number of hydrogen-bond donors (Lipinski definition) is 0. The van der Waals surface area contributed by atoms with Gasteiger partial charge in [0.1, 0.15) is 0 Å². The Morgan fingerprint density at radius 3 is 2.55 bits per heavy atom. The first-order chi connectivity index (χ1) is 13.9. The molecule has 4 aromatic rings. The lowest BCUT2D eigenvalue weighted by Crippen LogP contribution is -2.12. The fourth-order valence-corrected chi connectivity index (χ4v) is 3.40. The van der Waals surface area contributed by atoms with Gasteiger partial charge in [-0.2, -0.15) is 13.2 Å². The van der Waals surface area contributed by atoms with Gasteiger partial charge < -0.3 is 9.30 Å². The summed E-state index contributed by atoms with van der Waals surface area (Å²) in [5.41, 5.74) is 0.138. The maximum absolute atomic E-state index is 13.3. The molecule has 4 rings (SSSR count). The van der Waals surface area contributed by atoms with E-state index >= 15 is 0 Å². The predicted molar refractivity (Wildman–Crippen MR) is 104 cm³/mol. The van der Waals surface area contributed by atoms with Crippen LogP contribution in [0.3, 0.4) is 0 Å². The monoisotopic (exact) mass is 398 g/mol. The van der Waals surface area contributed by atoms with Crippen LogP contribution in [0.4, 0.5) is 13.2 Å². The van der Waals surface area contributed by atoms with Gasteiger partial charge in [0.15, 0.2) is 0 Å². The topological polar surface area (TPSA) is 44.1 Å². The van der Waals surface area contributed by atoms with Crippen molar-refractivity contribution in [1.82, 2.24) is 9.55 Å². The third-order valence-electron chi connectivity index (χ3n) is 4.70. The minimum Gasteiger partial charge on any atom is -0.462 e. The van der Waals surface area contributed by atoms with Crippen LogP contribution in [0.5, 0.6) is 0 Å². The Labute approximate surface area is 164 Å². The lowest BCUT2D eigenvalue weighted by molar-refractivity contribution is -0.137. The highest BCUT2D eigenvalue weighted by atomic mass is 19.4. The Hall–Kier alpha value is -3.35. The molecule has 0 aliphatic heterocycles. The maximum Gasteiger partial charge on any atom is 0.416 e. The summed E-state index contributed by atoms with van der Waals surface area (Å²) in [5.74, 6) is -0.782. The molecule has 0 aliphatic carbocycles. The van der Waals surface area contributed by atoms with E-state index in [0.29, 0.717) is 17.4 Å². The molecule has 0 fully saturated rings. The summed E-state index contributed by atoms with van der Waals surface area (Å²) in [4.78, 5) is 16.8. The molecule has 7 heteroatoms. The Morgan fingerprint density at radius 2 is 1.83 bits per heavy atom. The molecule has 0 radical (unpaired) electrons. The number of benzene rings is 2. The van der Waals surface area contributed by atoms with Crippen molar-refractivity contribution in [3.8, 4) is 0 Å². The van der Waals surface area contributed by atoms with E-state index in [1.807, 2.05) is 30.3 Å².